The minimum atomic E-state index is -1.43. The van der Waals surface area contributed by atoms with Gasteiger partial charge in [-0.25, -0.2) is 10.2 Å². The second kappa shape index (κ2) is 11.9. The van der Waals surface area contributed by atoms with Crippen LogP contribution in [0, 0.1) is 20.9 Å². The van der Waals surface area contributed by atoms with Crippen LogP contribution in [-0.2, 0) is 19.1 Å². The number of esters is 2. The fourth-order valence-electron chi connectivity index (χ4n) is 1.87. The SMILES string of the molecule is CC(C)(C)C(=O)OCCNP(NCCOC(=O)C(C)(C)C)Oc1ccc([N+](=O)[O-])cc1. The molecule has 0 aliphatic heterocycles. The molecule has 2 N–H and O–H groups in total. The number of nitrogens with one attached hydrogen (secondary N) is 2. The highest BCUT2D eigenvalue weighted by atomic mass is 31.2. The molecule has 1 aromatic rings. The molecule has 0 spiro atoms. The molecule has 10 nitrogen and oxygen atoms in total. The Morgan fingerprint density at radius 2 is 1.32 bits per heavy atom. The maximum Gasteiger partial charge on any atom is 0.311 e. The van der Waals surface area contributed by atoms with Crippen molar-refractivity contribution in [1.29, 1.82) is 0 Å². The van der Waals surface area contributed by atoms with Gasteiger partial charge >= 0.3 is 11.9 Å². The molecule has 0 fully saturated rings. The molecule has 0 unspecified atom stereocenters. The fourth-order valence-corrected chi connectivity index (χ4v) is 3.03. The van der Waals surface area contributed by atoms with Crippen molar-refractivity contribution >= 4 is 26.1 Å². The Kier molecular flexibility index (Phi) is 10.3. The molecule has 0 heterocycles. The molecular formula is C20H32N3O7P. The lowest BCUT2D eigenvalue weighted by molar-refractivity contribution is -0.384. The summed E-state index contributed by atoms with van der Waals surface area (Å²) in [5, 5.41) is 17.0. The molecule has 31 heavy (non-hydrogen) atoms. The van der Waals surface area contributed by atoms with Crippen molar-refractivity contribution in [3.63, 3.8) is 0 Å². The van der Waals surface area contributed by atoms with E-state index in [-0.39, 0.29) is 30.8 Å². The van der Waals surface area contributed by atoms with Gasteiger partial charge in [0.15, 0.2) is 0 Å². The lowest BCUT2D eigenvalue weighted by Crippen LogP contribution is -2.31. The van der Waals surface area contributed by atoms with E-state index in [0.717, 1.165) is 0 Å². The van der Waals surface area contributed by atoms with Crippen LogP contribution in [0.3, 0.4) is 0 Å². The van der Waals surface area contributed by atoms with Crippen LogP contribution in [0.1, 0.15) is 41.5 Å². The van der Waals surface area contributed by atoms with Gasteiger partial charge in [-0.15, -0.1) is 0 Å². The average molecular weight is 457 g/mol. The Morgan fingerprint density at radius 1 is 0.903 bits per heavy atom. The van der Waals surface area contributed by atoms with Crippen molar-refractivity contribution in [1.82, 2.24) is 10.2 Å². The largest absolute Gasteiger partial charge is 0.464 e. The first-order valence-electron chi connectivity index (χ1n) is 9.84. The van der Waals surface area contributed by atoms with Gasteiger partial charge in [0.05, 0.1) is 15.8 Å². The Morgan fingerprint density at radius 3 is 1.68 bits per heavy atom. The van der Waals surface area contributed by atoms with E-state index in [1.807, 2.05) is 0 Å². The molecule has 0 saturated carbocycles. The molecule has 0 bridgehead atoms. The van der Waals surface area contributed by atoms with Gasteiger partial charge in [-0.05, 0) is 53.7 Å². The number of nitro benzene ring substituents is 1. The monoisotopic (exact) mass is 457 g/mol. The standard InChI is InChI=1S/C20H32N3O7P/c1-19(2,3)17(24)28-13-11-21-31(22-12-14-29-18(25)20(4,5)6)30-16-9-7-15(8-10-16)23(26)27/h7-10,21-22H,11-14H2,1-6H3. The van der Waals surface area contributed by atoms with Crippen LogP contribution in [0.15, 0.2) is 24.3 Å². The number of carbonyl (C=O) groups excluding carboxylic acids is 2. The molecule has 174 valence electrons. The lowest BCUT2D eigenvalue weighted by atomic mass is 9.97. The number of ether oxygens (including phenoxy) is 2. The highest BCUT2D eigenvalue weighted by molar-refractivity contribution is 7.48. The third kappa shape index (κ3) is 10.5. The lowest BCUT2D eigenvalue weighted by Gasteiger charge is -2.22. The first-order valence-corrected chi connectivity index (χ1v) is 11.1. The van der Waals surface area contributed by atoms with Crippen LogP contribution >= 0.6 is 8.45 Å². The fraction of sp³-hybridized carbons (Fsp3) is 0.600. The Hall–Kier alpha value is -2.29. The van der Waals surface area contributed by atoms with Gasteiger partial charge in [-0.1, -0.05) is 0 Å². The average Bonchev–Trinajstić information content (AvgIpc) is 2.66. The highest BCUT2D eigenvalue weighted by Crippen LogP contribution is 2.31. The molecule has 0 radical (unpaired) electrons. The summed E-state index contributed by atoms with van der Waals surface area (Å²) < 4.78 is 16.3. The van der Waals surface area contributed by atoms with E-state index < -0.39 is 24.2 Å². The van der Waals surface area contributed by atoms with Gasteiger partial charge < -0.3 is 14.0 Å². The molecule has 0 amide bonds. The molecular weight excluding hydrogens is 425 g/mol. The minimum Gasteiger partial charge on any atom is -0.464 e. The summed E-state index contributed by atoms with van der Waals surface area (Å²) in [6.45, 7) is 11.6. The smallest absolute Gasteiger partial charge is 0.311 e. The van der Waals surface area contributed by atoms with Crippen molar-refractivity contribution in [3.8, 4) is 5.75 Å². The number of nitro groups is 1. The van der Waals surface area contributed by atoms with E-state index >= 15 is 0 Å². The summed E-state index contributed by atoms with van der Waals surface area (Å²) in [4.78, 5) is 34.0. The number of hydrogen-bond donors (Lipinski definition) is 2. The Labute approximate surface area is 184 Å². The van der Waals surface area contributed by atoms with Gasteiger partial charge in [0, 0.05) is 25.2 Å². The summed E-state index contributed by atoms with van der Waals surface area (Å²) in [6, 6.07) is 5.68. The zero-order valence-electron chi connectivity index (χ0n) is 18.9. The number of nitrogens with zero attached hydrogens (tertiary/aromatic N) is 1. The van der Waals surface area contributed by atoms with Crippen molar-refractivity contribution in [2.75, 3.05) is 26.3 Å². The van der Waals surface area contributed by atoms with E-state index in [4.69, 9.17) is 14.0 Å². The van der Waals surface area contributed by atoms with Gasteiger partial charge in [0.2, 0.25) is 8.45 Å². The van der Waals surface area contributed by atoms with Crippen LogP contribution in [0.5, 0.6) is 5.75 Å². The quantitative estimate of drug-likeness (QED) is 0.168. The molecule has 0 atom stereocenters. The van der Waals surface area contributed by atoms with Crippen LogP contribution < -0.4 is 14.7 Å². The van der Waals surface area contributed by atoms with Crippen LogP contribution in [0.25, 0.3) is 0 Å². The van der Waals surface area contributed by atoms with E-state index in [9.17, 15) is 19.7 Å². The summed E-state index contributed by atoms with van der Waals surface area (Å²) >= 11 is 0. The molecule has 11 heteroatoms. The van der Waals surface area contributed by atoms with E-state index in [0.29, 0.717) is 18.8 Å². The Balaban J connectivity index is 2.60. The Bertz CT molecular complexity index is 709. The normalized spacial score (nSPS) is 11.8. The van der Waals surface area contributed by atoms with Crippen LogP contribution in [-0.4, -0.2) is 43.2 Å². The molecule has 0 saturated heterocycles. The molecule has 0 aliphatic rings. The highest BCUT2D eigenvalue weighted by Gasteiger charge is 2.24. The van der Waals surface area contributed by atoms with Gasteiger partial charge in [0.1, 0.15) is 19.0 Å². The van der Waals surface area contributed by atoms with E-state index in [2.05, 4.69) is 10.2 Å². The maximum atomic E-state index is 11.8. The molecule has 0 aromatic heterocycles. The predicted octanol–water partition coefficient (Wildman–Crippen LogP) is 3.56. The van der Waals surface area contributed by atoms with Crippen LogP contribution in [0.2, 0.25) is 0 Å². The number of carbonyl (C=O) groups is 2. The summed E-state index contributed by atoms with van der Waals surface area (Å²) in [5.41, 5.74) is -1.22. The summed E-state index contributed by atoms with van der Waals surface area (Å²) in [5.74, 6) is -0.191. The van der Waals surface area contributed by atoms with Crippen molar-refractivity contribution in [2.24, 2.45) is 10.8 Å². The van der Waals surface area contributed by atoms with Gasteiger partial charge in [-0.3, -0.25) is 19.7 Å². The van der Waals surface area contributed by atoms with Crippen molar-refractivity contribution in [3.05, 3.63) is 34.4 Å². The van der Waals surface area contributed by atoms with Gasteiger partial charge in [0.25, 0.3) is 5.69 Å². The zero-order chi connectivity index (χ0) is 23.7. The van der Waals surface area contributed by atoms with Crippen molar-refractivity contribution in [2.45, 2.75) is 41.5 Å². The minimum absolute atomic E-state index is 0.0409. The third-order valence-corrected chi connectivity index (χ3v) is 5.07. The van der Waals surface area contributed by atoms with E-state index in [1.54, 1.807) is 41.5 Å². The van der Waals surface area contributed by atoms with Gasteiger partial charge in [-0.2, -0.15) is 0 Å². The third-order valence-electron chi connectivity index (χ3n) is 3.65. The number of hydrogen-bond acceptors (Lipinski definition) is 9. The number of rotatable bonds is 11. The molecule has 1 rings (SSSR count). The summed E-state index contributed by atoms with van der Waals surface area (Å²) in [7, 11) is -1.43. The number of benzene rings is 1. The predicted molar refractivity (Wildman–Crippen MR) is 117 cm³/mol. The zero-order valence-corrected chi connectivity index (χ0v) is 19.8. The second-order valence-corrected chi connectivity index (χ2v) is 10.1. The molecule has 0 aliphatic carbocycles. The van der Waals surface area contributed by atoms with E-state index in [1.165, 1.54) is 24.3 Å². The first kappa shape index (κ1) is 26.7. The van der Waals surface area contributed by atoms with Crippen LogP contribution in [0.4, 0.5) is 5.69 Å². The number of non-ortho nitro benzene ring substituents is 1. The topological polar surface area (TPSA) is 129 Å². The summed E-state index contributed by atoms with van der Waals surface area (Å²) in [6.07, 6.45) is 0. The second-order valence-electron chi connectivity index (χ2n) is 8.72. The molecule has 1 aromatic carbocycles. The maximum absolute atomic E-state index is 11.8. The van der Waals surface area contributed by atoms with Crippen molar-refractivity contribution < 1.29 is 28.5 Å². The first-order chi connectivity index (χ1) is 14.3.